The third kappa shape index (κ3) is 6.19. The molecule has 0 saturated heterocycles. The molecule has 0 unspecified atom stereocenters. The van der Waals surface area contributed by atoms with E-state index in [1.807, 2.05) is 12.1 Å². The van der Waals surface area contributed by atoms with Gasteiger partial charge in [-0.15, -0.1) is 16.3 Å². The van der Waals surface area contributed by atoms with Gasteiger partial charge in [0.05, 0.1) is 17.1 Å². The summed E-state index contributed by atoms with van der Waals surface area (Å²) in [5, 5.41) is 2.54. The number of aryl methyl sites for hydroxylation is 1. The summed E-state index contributed by atoms with van der Waals surface area (Å²) < 4.78 is 2.22. The van der Waals surface area contributed by atoms with E-state index in [-0.39, 0.29) is 16.5 Å². The van der Waals surface area contributed by atoms with Crippen LogP contribution in [0, 0.1) is 6.20 Å². The number of aromatic nitrogens is 2. The Morgan fingerprint density at radius 3 is 1.50 bits per heavy atom. The Balaban J connectivity index is 0.00000387. The van der Waals surface area contributed by atoms with Gasteiger partial charge in [0.2, 0.25) is 0 Å². The number of hydrogen-bond donors (Lipinski definition) is 0. The Morgan fingerprint density at radius 1 is 0.519 bits per heavy atom. The molecule has 8 bridgehead atoms. The van der Waals surface area contributed by atoms with Gasteiger partial charge in [0.25, 0.3) is 0 Å². The van der Waals surface area contributed by atoms with Crippen LogP contribution < -0.4 is 15.7 Å². The number of hydrogen-bond acceptors (Lipinski definition) is 2. The molecule has 4 nitrogen and oxygen atoms in total. The van der Waals surface area contributed by atoms with Gasteiger partial charge < -0.3 is 9.55 Å². The van der Waals surface area contributed by atoms with Crippen molar-refractivity contribution in [1.82, 2.24) is 9.55 Å². The molecule has 4 aromatic carbocycles. The van der Waals surface area contributed by atoms with Gasteiger partial charge in [0.1, 0.15) is 0 Å². The molecule has 0 radical (unpaired) electrons. The zero-order valence-corrected chi connectivity index (χ0v) is 30.6. The maximum atomic E-state index is 5.41. The van der Waals surface area contributed by atoms with Crippen molar-refractivity contribution in [2.75, 3.05) is 5.33 Å². The fourth-order valence-corrected chi connectivity index (χ4v) is 7.47. The van der Waals surface area contributed by atoms with Crippen molar-refractivity contribution in [2.24, 2.45) is 9.98 Å². The molecule has 3 aliphatic rings. The third-order valence-corrected chi connectivity index (χ3v) is 9.72. The van der Waals surface area contributed by atoms with Crippen molar-refractivity contribution >= 4 is 49.6 Å². The van der Waals surface area contributed by atoms with Gasteiger partial charge in [0, 0.05) is 23.1 Å². The minimum absolute atomic E-state index is 0. The van der Waals surface area contributed by atoms with Crippen molar-refractivity contribution in [2.45, 2.75) is 6.54 Å². The number of halogens is 1. The van der Waals surface area contributed by atoms with E-state index in [2.05, 4.69) is 178 Å². The summed E-state index contributed by atoms with van der Waals surface area (Å²) in [7, 11) is 0. The normalized spacial score (nSPS) is 14.9. The van der Waals surface area contributed by atoms with Crippen LogP contribution in [0.1, 0.15) is 33.5 Å². The first-order valence-corrected chi connectivity index (χ1v) is 18.2. The Morgan fingerprint density at radius 2 is 0.962 bits per heavy atom. The van der Waals surface area contributed by atoms with Gasteiger partial charge >= 0.3 is 16.5 Å². The number of allylic oxidation sites excluding steroid dienone is 5. The number of alkyl halides is 1. The number of aliphatic imine (C=N–C) groups is 2. The number of benzene rings is 4. The van der Waals surface area contributed by atoms with Crippen molar-refractivity contribution in [1.29, 1.82) is 0 Å². The van der Waals surface area contributed by atoms with Crippen LogP contribution in [0.4, 0.5) is 0 Å². The summed E-state index contributed by atoms with van der Waals surface area (Å²) in [4.78, 5) is 16.1. The first kappa shape index (κ1) is 33.6. The fraction of sp³-hybridized carbons (Fsp3) is 0.0435. The van der Waals surface area contributed by atoms with E-state index in [1.54, 1.807) is 0 Å². The van der Waals surface area contributed by atoms with E-state index < -0.39 is 0 Å². The topological polar surface area (TPSA) is 43.8 Å². The number of fused-ring (bicyclic) bond motifs is 6. The van der Waals surface area contributed by atoms with Gasteiger partial charge in [-0.3, -0.25) is 4.99 Å². The molecule has 0 fully saturated rings. The minimum Gasteiger partial charge on any atom is -0.657 e. The Bertz CT molecular complexity index is 2600. The van der Waals surface area contributed by atoms with Crippen LogP contribution in [0.25, 0.3) is 22.3 Å². The minimum atomic E-state index is 0. The van der Waals surface area contributed by atoms with Gasteiger partial charge in [-0.05, 0) is 46.6 Å². The number of nitrogens with zero attached hydrogens (tertiary/aromatic N) is 4. The summed E-state index contributed by atoms with van der Waals surface area (Å²) >= 11 is 3.73. The predicted molar refractivity (Wildman–Crippen MR) is 212 cm³/mol. The molecule has 2 aromatic heterocycles. The van der Waals surface area contributed by atoms with E-state index in [4.69, 9.17) is 15.0 Å². The molecule has 0 amide bonds. The van der Waals surface area contributed by atoms with Crippen molar-refractivity contribution in [3.05, 3.63) is 226 Å². The average Bonchev–Trinajstić information content (AvgIpc) is 4.01. The molecule has 9 rings (SSSR count). The molecule has 252 valence electrons. The van der Waals surface area contributed by atoms with Crippen LogP contribution in [-0.2, 0) is 23.0 Å². The molecule has 6 heteroatoms. The average molecular weight is 778 g/mol. The van der Waals surface area contributed by atoms with Crippen LogP contribution in [0.5, 0.6) is 0 Å². The second-order valence-electron chi connectivity index (χ2n) is 12.5. The zero-order valence-electron chi connectivity index (χ0n) is 28.0. The standard InChI is InChI=1S/C46H31BrN4.Ni/c47-27-28-51-30-35-29-42(51)46(34-19-11-4-12-20-34)41-26-25-40(50-41)45(33-17-9-3-10-18-33)39-24-23-38(49-39)44(32-15-7-2-8-16-32)37-22-21-36(48-37)43(35)31-13-5-1-6-14-31;/h1-26,29H,27-28H2;/q-2;+2. The van der Waals surface area contributed by atoms with Crippen LogP contribution in [-0.4, -0.2) is 21.3 Å². The molecular formula is C46H31BrN4Ni. The van der Waals surface area contributed by atoms with E-state index in [0.717, 1.165) is 101 Å². The molecule has 0 aliphatic carbocycles. The first-order chi connectivity index (χ1) is 25.2. The van der Waals surface area contributed by atoms with Crippen LogP contribution in [0.3, 0.4) is 0 Å². The summed E-state index contributed by atoms with van der Waals surface area (Å²) in [6.07, 6.45) is 12.3. The zero-order chi connectivity index (χ0) is 34.1. The summed E-state index contributed by atoms with van der Waals surface area (Å²) in [5.41, 5.74) is 13.8. The number of rotatable bonds is 6. The second-order valence-corrected chi connectivity index (χ2v) is 13.3. The quantitative estimate of drug-likeness (QED) is 0.0955. The smallest absolute Gasteiger partial charge is 0.657 e. The van der Waals surface area contributed by atoms with Gasteiger partial charge in [-0.1, -0.05) is 178 Å². The van der Waals surface area contributed by atoms with Crippen molar-refractivity contribution < 1.29 is 16.5 Å². The fourth-order valence-electron chi connectivity index (χ4n) is 7.11. The second kappa shape index (κ2) is 14.6. The molecule has 5 heterocycles. The molecule has 0 N–H and O–H groups in total. The van der Waals surface area contributed by atoms with Crippen molar-refractivity contribution in [3.8, 4) is 0 Å². The van der Waals surface area contributed by atoms with E-state index in [0.29, 0.717) is 0 Å². The van der Waals surface area contributed by atoms with Crippen LogP contribution in [0.15, 0.2) is 185 Å². The molecule has 6 aromatic rings. The van der Waals surface area contributed by atoms with Gasteiger partial charge in [-0.2, -0.15) is 6.07 Å². The predicted octanol–water partition coefficient (Wildman–Crippen LogP) is 8.29. The Hall–Kier alpha value is -5.55. The van der Waals surface area contributed by atoms with E-state index in [1.165, 1.54) is 0 Å². The van der Waals surface area contributed by atoms with Crippen molar-refractivity contribution in [3.63, 3.8) is 0 Å². The van der Waals surface area contributed by atoms with Gasteiger partial charge in [0.15, 0.2) is 0 Å². The Kier molecular flexibility index (Phi) is 9.43. The molecule has 52 heavy (non-hydrogen) atoms. The molecule has 0 saturated carbocycles. The largest absolute Gasteiger partial charge is 2.00 e. The molecule has 3 aliphatic heterocycles. The third-order valence-electron chi connectivity index (χ3n) is 9.37. The summed E-state index contributed by atoms with van der Waals surface area (Å²) in [6, 6.07) is 48.5. The van der Waals surface area contributed by atoms with Gasteiger partial charge in [-0.25, -0.2) is 4.99 Å². The first-order valence-electron chi connectivity index (χ1n) is 17.1. The molecule has 0 atom stereocenters. The maximum absolute atomic E-state index is 5.41. The van der Waals surface area contributed by atoms with Crippen LogP contribution >= 0.6 is 15.9 Å². The van der Waals surface area contributed by atoms with E-state index in [9.17, 15) is 0 Å². The van der Waals surface area contributed by atoms with Crippen LogP contribution in [0.2, 0.25) is 0 Å². The summed E-state index contributed by atoms with van der Waals surface area (Å²) in [5.74, 6) is 0. The molecule has 0 spiro atoms. The Labute approximate surface area is 321 Å². The maximum Gasteiger partial charge on any atom is 2.00 e. The summed E-state index contributed by atoms with van der Waals surface area (Å²) in [6.45, 7) is 0.730. The van der Waals surface area contributed by atoms with E-state index >= 15 is 0 Å². The molecular weight excluding hydrogens is 747 g/mol. The monoisotopic (exact) mass is 776 g/mol. The SMILES string of the molecule is BrCCn1[c-]c2cc1C(c1ccccc1)=c1ccc([n-]1)=C(c1ccccc1)C1=NC(=C(c3ccccc3)C3=NC(=C2c2ccccc2)C=C3)C=C1.[Ni+2].